The maximum absolute atomic E-state index is 5.42. The highest BCUT2D eigenvalue weighted by Gasteiger charge is 2.20. The predicted octanol–water partition coefficient (Wildman–Crippen LogP) is 2.02. The first-order chi connectivity index (χ1) is 9.22. The lowest BCUT2D eigenvalue weighted by atomic mass is 10.1. The number of likely N-dealkylation sites (tertiary alicyclic amines) is 1. The van der Waals surface area contributed by atoms with Crippen molar-refractivity contribution in [1.29, 1.82) is 0 Å². The molecule has 19 heavy (non-hydrogen) atoms. The number of ether oxygens (including phenoxy) is 2. The van der Waals surface area contributed by atoms with Gasteiger partial charge in [-0.25, -0.2) is 0 Å². The molecular weight excluding hydrogens is 240 g/mol. The minimum atomic E-state index is 0.342. The van der Waals surface area contributed by atoms with E-state index < -0.39 is 0 Å². The van der Waals surface area contributed by atoms with Gasteiger partial charge in [0.15, 0.2) is 11.5 Å². The van der Waals surface area contributed by atoms with Gasteiger partial charge in [-0.3, -0.25) is 0 Å². The van der Waals surface area contributed by atoms with Gasteiger partial charge in [0.05, 0.1) is 0 Å². The second-order valence-corrected chi connectivity index (χ2v) is 5.66. The van der Waals surface area contributed by atoms with E-state index in [9.17, 15) is 0 Å². The molecule has 0 spiro atoms. The summed E-state index contributed by atoms with van der Waals surface area (Å²) in [5.74, 6) is 2.50. The lowest BCUT2D eigenvalue weighted by Crippen LogP contribution is -2.27. The van der Waals surface area contributed by atoms with Crippen LogP contribution in [0, 0.1) is 5.92 Å². The fourth-order valence-corrected chi connectivity index (χ4v) is 2.84. The molecule has 0 aromatic heterocycles. The standard InChI is InChI=1S/C15H22N2O2/c1-11(16-8-12-5-6-17(2)9-12)13-3-4-14-15(7-13)19-10-18-14/h3-4,7,11-12,16H,5-6,8-10H2,1-2H3. The van der Waals surface area contributed by atoms with Crippen molar-refractivity contribution in [3.05, 3.63) is 23.8 Å². The van der Waals surface area contributed by atoms with E-state index >= 15 is 0 Å². The molecule has 1 aromatic rings. The van der Waals surface area contributed by atoms with Gasteiger partial charge in [-0.05, 0) is 57.1 Å². The molecule has 0 radical (unpaired) electrons. The van der Waals surface area contributed by atoms with Crippen LogP contribution in [0.2, 0.25) is 0 Å². The molecule has 3 rings (SSSR count). The van der Waals surface area contributed by atoms with Crippen LogP contribution >= 0.6 is 0 Å². The third-order valence-corrected chi connectivity index (χ3v) is 4.10. The summed E-state index contributed by atoms with van der Waals surface area (Å²) >= 11 is 0. The first-order valence-corrected chi connectivity index (χ1v) is 7.04. The summed E-state index contributed by atoms with van der Waals surface area (Å²) in [6, 6.07) is 6.55. The highest BCUT2D eigenvalue weighted by molar-refractivity contribution is 5.45. The fourth-order valence-electron chi connectivity index (χ4n) is 2.84. The maximum atomic E-state index is 5.42. The number of benzene rings is 1. The Morgan fingerprint density at radius 1 is 1.37 bits per heavy atom. The Hall–Kier alpha value is -1.26. The van der Waals surface area contributed by atoms with E-state index in [-0.39, 0.29) is 0 Å². The largest absolute Gasteiger partial charge is 0.454 e. The van der Waals surface area contributed by atoms with Gasteiger partial charge in [0.2, 0.25) is 6.79 Å². The van der Waals surface area contributed by atoms with Crippen LogP contribution in [0.3, 0.4) is 0 Å². The molecule has 0 aliphatic carbocycles. The van der Waals surface area contributed by atoms with Crippen molar-refractivity contribution in [1.82, 2.24) is 10.2 Å². The zero-order chi connectivity index (χ0) is 13.2. The second kappa shape index (κ2) is 5.39. The molecule has 0 bridgehead atoms. The van der Waals surface area contributed by atoms with E-state index in [1.807, 2.05) is 6.07 Å². The molecule has 4 nitrogen and oxygen atoms in total. The third kappa shape index (κ3) is 2.85. The molecule has 2 aliphatic heterocycles. The van der Waals surface area contributed by atoms with Crippen molar-refractivity contribution in [3.63, 3.8) is 0 Å². The summed E-state index contributed by atoms with van der Waals surface area (Å²) in [7, 11) is 2.20. The van der Waals surface area contributed by atoms with Crippen LogP contribution in [0.1, 0.15) is 24.9 Å². The SMILES string of the molecule is CC(NCC1CCN(C)C1)c1ccc2c(c1)OCO2. The molecular formula is C15H22N2O2. The molecule has 104 valence electrons. The van der Waals surface area contributed by atoms with E-state index in [1.54, 1.807) is 0 Å². The van der Waals surface area contributed by atoms with Crippen LogP contribution in [-0.4, -0.2) is 38.4 Å². The summed E-state index contributed by atoms with van der Waals surface area (Å²) < 4.78 is 10.8. The zero-order valence-corrected chi connectivity index (χ0v) is 11.7. The smallest absolute Gasteiger partial charge is 0.231 e. The minimum Gasteiger partial charge on any atom is -0.454 e. The number of nitrogens with zero attached hydrogens (tertiary/aromatic N) is 1. The molecule has 1 saturated heterocycles. The van der Waals surface area contributed by atoms with Gasteiger partial charge >= 0.3 is 0 Å². The fraction of sp³-hybridized carbons (Fsp3) is 0.600. The van der Waals surface area contributed by atoms with Crippen molar-refractivity contribution in [2.24, 2.45) is 5.92 Å². The summed E-state index contributed by atoms with van der Waals surface area (Å²) in [5.41, 5.74) is 1.26. The van der Waals surface area contributed by atoms with Gasteiger partial charge in [0, 0.05) is 12.6 Å². The normalized spacial score (nSPS) is 23.8. The summed E-state index contributed by atoms with van der Waals surface area (Å²) in [6.07, 6.45) is 1.30. The Labute approximate surface area is 114 Å². The van der Waals surface area contributed by atoms with Gasteiger partial charge in [-0.2, -0.15) is 0 Å². The molecule has 1 aromatic carbocycles. The average molecular weight is 262 g/mol. The van der Waals surface area contributed by atoms with Crippen molar-refractivity contribution in [2.45, 2.75) is 19.4 Å². The lowest BCUT2D eigenvalue weighted by molar-refractivity contribution is 0.174. The van der Waals surface area contributed by atoms with Crippen LogP contribution in [0.5, 0.6) is 11.5 Å². The van der Waals surface area contributed by atoms with Gasteiger partial charge < -0.3 is 19.7 Å². The van der Waals surface area contributed by atoms with Crippen LogP contribution in [0.4, 0.5) is 0 Å². The molecule has 2 heterocycles. The van der Waals surface area contributed by atoms with Crippen molar-refractivity contribution >= 4 is 0 Å². The van der Waals surface area contributed by atoms with E-state index in [0.29, 0.717) is 12.8 Å². The third-order valence-electron chi connectivity index (χ3n) is 4.10. The summed E-state index contributed by atoms with van der Waals surface area (Å²) in [4.78, 5) is 2.40. The Morgan fingerprint density at radius 2 is 2.21 bits per heavy atom. The average Bonchev–Trinajstić information content (AvgIpc) is 3.03. The van der Waals surface area contributed by atoms with Crippen LogP contribution in [0.25, 0.3) is 0 Å². The first kappa shape index (κ1) is 12.8. The Bertz CT molecular complexity index is 450. The molecule has 2 aliphatic rings. The highest BCUT2D eigenvalue weighted by Crippen LogP contribution is 2.34. The predicted molar refractivity (Wildman–Crippen MR) is 74.6 cm³/mol. The number of nitrogens with one attached hydrogen (secondary N) is 1. The van der Waals surface area contributed by atoms with Crippen molar-refractivity contribution in [3.8, 4) is 11.5 Å². The van der Waals surface area contributed by atoms with Gasteiger partial charge in [-0.1, -0.05) is 6.07 Å². The number of rotatable bonds is 4. The molecule has 2 unspecified atom stereocenters. The molecule has 1 N–H and O–H groups in total. The van der Waals surface area contributed by atoms with Gasteiger partial charge in [0.25, 0.3) is 0 Å². The lowest BCUT2D eigenvalue weighted by Gasteiger charge is -2.18. The summed E-state index contributed by atoms with van der Waals surface area (Å²) in [6.45, 7) is 6.07. The molecule has 2 atom stereocenters. The minimum absolute atomic E-state index is 0.342. The first-order valence-electron chi connectivity index (χ1n) is 7.04. The monoisotopic (exact) mass is 262 g/mol. The Morgan fingerprint density at radius 3 is 3.00 bits per heavy atom. The number of fused-ring (bicyclic) bond motifs is 1. The summed E-state index contributed by atoms with van der Waals surface area (Å²) in [5, 5.41) is 3.63. The topological polar surface area (TPSA) is 33.7 Å². The molecule has 0 amide bonds. The number of hydrogen-bond donors (Lipinski definition) is 1. The van der Waals surface area contributed by atoms with Crippen LogP contribution < -0.4 is 14.8 Å². The van der Waals surface area contributed by atoms with Crippen molar-refractivity contribution in [2.75, 3.05) is 33.5 Å². The van der Waals surface area contributed by atoms with E-state index in [4.69, 9.17) is 9.47 Å². The number of hydrogen-bond acceptors (Lipinski definition) is 4. The molecule has 0 saturated carbocycles. The van der Waals surface area contributed by atoms with Crippen molar-refractivity contribution < 1.29 is 9.47 Å². The van der Waals surface area contributed by atoms with E-state index in [2.05, 4.69) is 36.3 Å². The van der Waals surface area contributed by atoms with E-state index in [0.717, 1.165) is 24.0 Å². The van der Waals surface area contributed by atoms with Gasteiger partial charge in [0.1, 0.15) is 0 Å². The molecule has 1 fully saturated rings. The highest BCUT2D eigenvalue weighted by atomic mass is 16.7. The quantitative estimate of drug-likeness (QED) is 0.900. The van der Waals surface area contributed by atoms with Crippen LogP contribution in [0.15, 0.2) is 18.2 Å². The Balaban J connectivity index is 1.56. The van der Waals surface area contributed by atoms with E-state index in [1.165, 1.54) is 25.1 Å². The van der Waals surface area contributed by atoms with Gasteiger partial charge in [-0.15, -0.1) is 0 Å². The molecule has 4 heteroatoms. The maximum Gasteiger partial charge on any atom is 0.231 e. The Kier molecular flexibility index (Phi) is 3.62. The zero-order valence-electron chi connectivity index (χ0n) is 11.7. The second-order valence-electron chi connectivity index (χ2n) is 5.66. The van der Waals surface area contributed by atoms with Crippen LogP contribution in [-0.2, 0) is 0 Å².